The summed E-state index contributed by atoms with van der Waals surface area (Å²) in [6.07, 6.45) is -91.8. The third-order valence-electron chi connectivity index (χ3n) is 3.40. The van der Waals surface area contributed by atoms with Crippen LogP contribution in [0.25, 0.3) is 0 Å². The van der Waals surface area contributed by atoms with Crippen LogP contribution in [0, 0.1) is 0 Å². The first-order chi connectivity index (χ1) is 19.4. The van der Waals surface area contributed by atoms with Gasteiger partial charge in [-0.1, -0.05) is 0 Å². The van der Waals surface area contributed by atoms with E-state index in [2.05, 4.69) is 0 Å². The first kappa shape index (κ1) is 43.6. The number of rotatable bonds is 16. The minimum absolute atomic E-state index is 1.21. The smallest absolute Gasteiger partial charge is 0.280 e. The average Bonchev–Trinajstić information content (AvgIpc) is 2.65. The van der Waals surface area contributed by atoms with Crippen molar-refractivity contribution in [3.8, 4) is 0 Å². The van der Waals surface area contributed by atoms with E-state index in [0.717, 1.165) is 0 Å². The average molecular weight is 762 g/mol. The van der Waals surface area contributed by atoms with Crippen LogP contribution in [0.3, 0.4) is 0 Å². The number of Topliss-reactive ketones (excluding diaryl/α,β-unsaturated/α-hetero) is 1. The lowest BCUT2D eigenvalue weighted by Gasteiger charge is -2.34. The topological polar surface area (TPSA) is 72.5 Å². The number of carbonyl (C=O) groups excluding carboxylic acids is 1. The van der Waals surface area contributed by atoms with Gasteiger partial charge in [-0.05, 0) is 0 Å². The number of ketones is 1. The zero-order chi connectivity index (χ0) is 37.8. The van der Waals surface area contributed by atoms with Gasteiger partial charge in [0.05, 0.1) is 0 Å². The highest BCUT2D eigenvalue weighted by Gasteiger charge is 2.78. The summed E-state index contributed by atoms with van der Waals surface area (Å²) in [5.41, 5.74) is 0. The van der Waals surface area contributed by atoms with Gasteiger partial charge in [-0.2, -0.15) is 87.8 Å². The third-order valence-corrected chi connectivity index (χ3v) is 3.40. The lowest BCUT2D eigenvalue weighted by molar-refractivity contribution is -0.565. The highest BCUT2D eigenvalue weighted by atomic mass is 19.4. The Labute approximate surface area is 228 Å². The molecule has 7 nitrogen and oxygen atoms in total. The van der Waals surface area contributed by atoms with Gasteiger partial charge in [0.2, 0.25) is 0 Å². The molecule has 0 heterocycles. The number of alkyl halides is 26. The van der Waals surface area contributed by atoms with E-state index < -0.39 is 79.6 Å². The van der Waals surface area contributed by atoms with Crippen LogP contribution in [0.4, 0.5) is 114 Å². The molecule has 0 aliphatic carbocycles. The third kappa shape index (κ3) is 10.3. The van der Waals surface area contributed by atoms with Crippen molar-refractivity contribution < 1.29 is 147 Å². The molecule has 0 aromatic rings. The summed E-state index contributed by atoms with van der Waals surface area (Å²) in [6.45, 7) is 0. The molecule has 0 aliphatic rings. The molecule has 0 saturated carbocycles. The maximum atomic E-state index is 13.4. The van der Waals surface area contributed by atoms with Crippen molar-refractivity contribution in [2.75, 3.05) is 0 Å². The van der Waals surface area contributed by atoms with Gasteiger partial charge in [-0.25, -0.2) is 28.4 Å². The van der Waals surface area contributed by atoms with E-state index in [9.17, 15) is 119 Å². The molecule has 0 atom stereocenters. The van der Waals surface area contributed by atoms with Gasteiger partial charge in [-0.3, -0.25) is 4.79 Å². The minimum Gasteiger partial charge on any atom is -0.280 e. The maximum absolute atomic E-state index is 13.4. The first-order valence-corrected chi connectivity index (χ1v) is 9.07. The van der Waals surface area contributed by atoms with Gasteiger partial charge in [0.25, 0.3) is 0 Å². The molecule has 0 rings (SSSR count). The molecule has 0 amide bonds. The standard InChI is InChI=1S/C13F26O7/c14-2(15,41-4(18,19)6(22,23)43-8(26,27)10(30,31)45-12(34,35)36)1(40)3(16,17)42-5(20,21)7(24,25)44-9(28,29)11(32,33)46-13(37,38)39. The molecule has 46 heavy (non-hydrogen) atoms. The zero-order valence-corrected chi connectivity index (χ0v) is 19.2. The number of carbonyl (C=O) groups is 1. The second-order valence-corrected chi connectivity index (χ2v) is 7.00. The van der Waals surface area contributed by atoms with Crippen LogP contribution in [-0.4, -0.2) is 79.6 Å². The molecule has 0 fully saturated rings. The van der Waals surface area contributed by atoms with Crippen LogP contribution in [0.15, 0.2) is 0 Å². The van der Waals surface area contributed by atoms with Crippen molar-refractivity contribution in [3.63, 3.8) is 0 Å². The largest absolute Gasteiger partial charge is 0.527 e. The van der Waals surface area contributed by atoms with E-state index in [0.29, 0.717) is 0 Å². The Balaban J connectivity index is 6.19. The van der Waals surface area contributed by atoms with Gasteiger partial charge < -0.3 is 0 Å². The van der Waals surface area contributed by atoms with Crippen molar-refractivity contribution in [1.82, 2.24) is 0 Å². The van der Waals surface area contributed by atoms with Crippen molar-refractivity contribution in [3.05, 3.63) is 0 Å². The van der Waals surface area contributed by atoms with Gasteiger partial charge in [0.15, 0.2) is 0 Å². The van der Waals surface area contributed by atoms with Gasteiger partial charge in [0, 0.05) is 0 Å². The van der Waals surface area contributed by atoms with Crippen molar-refractivity contribution in [2.24, 2.45) is 0 Å². The molecule has 0 bridgehead atoms. The molecule has 0 aromatic carbocycles. The van der Waals surface area contributed by atoms with Crippen LogP contribution >= 0.6 is 0 Å². The Morgan fingerprint density at radius 2 is 0.413 bits per heavy atom. The molecule has 0 unspecified atom stereocenters. The summed E-state index contributed by atoms with van der Waals surface area (Å²) in [6, 6.07) is 0. The molecule has 0 radical (unpaired) electrons. The van der Waals surface area contributed by atoms with Gasteiger partial charge in [0.1, 0.15) is 0 Å². The lowest BCUT2D eigenvalue weighted by Crippen LogP contribution is -2.60. The number of hydrogen-bond donors (Lipinski definition) is 0. The fraction of sp³-hybridized carbons (Fsp3) is 0.923. The van der Waals surface area contributed by atoms with E-state index in [4.69, 9.17) is 0 Å². The van der Waals surface area contributed by atoms with E-state index in [1.807, 2.05) is 0 Å². The molecule has 0 aliphatic heterocycles. The van der Waals surface area contributed by atoms with Crippen molar-refractivity contribution in [1.29, 1.82) is 0 Å². The molecule has 0 N–H and O–H groups in total. The Bertz CT molecular complexity index is 993. The normalized spacial score (nSPS) is 16.2. The molecule has 0 aromatic heterocycles. The fourth-order valence-electron chi connectivity index (χ4n) is 1.67. The number of hydrogen-bond acceptors (Lipinski definition) is 7. The van der Waals surface area contributed by atoms with Crippen molar-refractivity contribution in [2.45, 2.75) is 73.8 Å². The summed E-state index contributed by atoms with van der Waals surface area (Å²) in [5, 5.41) is 0. The number of halogens is 26. The van der Waals surface area contributed by atoms with Crippen LogP contribution in [0.2, 0.25) is 0 Å². The molecule has 0 spiro atoms. The van der Waals surface area contributed by atoms with E-state index in [1.54, 1.807) is 0 Å². The second kappa shape index (κ2) is 11.9. The minimum atomic E-state index is -8.00. The molecular weight excluding hydrogens is 762 g/mol. The Hall–Kier alpha value is -2.39. The van der Waals surface area contributed by atoms with E-state index in [1.165, 1.54) is 28.4 Å². The van der Waals surface area contributed by atoms with Crippen LogP contribution in [0.1, 0.15) is 0 Å². The molecule has 276 valence electrons. The summed E-state index contributed by atoms with van der Waals surface area (Å²) in [4.78, 5) is 10.9. The Kier molecular flexibility index (Phi) is 11.3. The SMILES string of the molecule is O=C(C(F)(F)OC(F)(F)C(F)(F)OC(F)(F)C(F)(F)OC(F)(F)F)C(F)(F)OC(F)(F)C(F)(F)OC(F)(F)C(F)(F)OC(F)(F)F. The maximum Gasteiger partial charge on any atom is 0.527 e. The Morgan fingerprint density at radius 3 is 0.587 bits per heavy atom. The summed E-state index contributed by atoms with van der Waals surface area (Å²) >= 11 is 0. The quantitative estimate of drug-likeness (QED) is 0.150. The lowest BCUT2D eigenvalue weighted by atomic mass is 10.3. The summed E-state index contributed by atoms with van der Waals surface area (Å²) in [5.74, 6) is -5.44. The predicted molar refractivity (Wildman–Crippen MR) is 73.1 cm³/mol. The fourth-order valence-corrected chi connectivity index (χ4v) is 1.67. The summed E-state index contributed by atoms with van der Waals surface area (Å²) < 4.78 is 339. The molecule has 0 saturated heterocycles. The summed E-state index contributed by atoms with van der Waals surface area (Å²) in [7, 11) is 0. The Morgan fingerprint density at radius 1 is 0.261 bits per heavy atom. The highest BCUT2D eigenvalue weighted by molar-refractivity contribution is 5.89. The molecular formula is C13F26O7. The van der Waals surface area contributed by atoms with Crippen molar-refractivity contribution >= 4 is 5.78 Å². The van der Waals surface area contributed by atoms with Gasteiger partial charge in [-0.15, -0.1) is 26.3 Å². The first-order valence-electron chi connectivity index (χ1n) is 9.07. The highest BCUT2D eigenvalue weighted by Crippen LogP contribution is 2.51. The molecule has 33 heteroatoms. The number of ether oxygens (including phenoxy) is 6. The second-order valence-electron chi connectivity index (χ2n) is 7.00. The van der Waals surface area contributed by atoms with Crippen LogP contribution < -0.4 is 0 Å². The van der Waals surface area contributed by atoms with Crippen LogP contribution in [-0.2, 0) is 33.2 Å². The van der Waals surface area contributed by atoms with E-state index in [-0.39, 0.29) is 0 Å². The monoisotopic (exact) mass is 762 g/mol. The van der Waals surface area contributed by atoms with E-state index >= 15 is 0 Å². The van der Waals surface area contributed by atoms with Gasteiger partial charge >= 0.3 is 79.6 Å². The van der Waals surface area contributed by atoms with Crippen LogP contribution in [0.5, 0.6) is 0 Å². The predicted octanol–water partition coefficient (Wildman–Crippen LogP) is 7.62. The zero-order valence-electron chi connectivity index (χ0n) is 19.2.